The number of rotatable bonds is 4. The average Bonchev–Trinajstić information content (AvgIpc) is 3.05. The zero-order chi connectivity index (χ0) is 17.1. The third kappa shape index (κ3) is 3.69. The smallest absolute Gasteiger partial charge is 0.275 e. The number of amides is 1. The molecule has 3 rings (SSSR count). The second kappa shape index (κ2) is 6.94. The maximum absolute atomic E-state index is 12.3. The Morgan fingerprint density at radius 3 is 2.67 bits per heavy atom. The van der Waals surface area contributed by atoms with E-state index in [4.69, 9.17) is 11.6 Å². The molecule has 0 atom stereocenters. The van der Waals surface area contributed by atoms with E-state index in [1.807, 2.05) is 32.3 Å². The van der Waals surface area contributed by atoms with Gasteiger partial charge in [0, 0.05) is 30.1 Å². The summed E-state index contributed by atoms with van der Waals surface area (Å²) in [6.45, 7) is 0. The molecule has 0 unspecified atom stereocenters. The first-order valence-electron chi connectivity index (χ1n) is 7.05. The van der Waals surface area contributed by atoms with E-state index in [2.05, 4.69) is 20.3 Å². The summed E-state index contributed by atoms with van der Waals surface area (Å²) in [4.78, 5) is 26.7. The molecule has 0 spiro atoms. The summed E-state index contributed by atoms with van der Waals surface area (Å²) >= 11 is 7.37. The van der Waals surface area contributed by atoms with E-state index in [1.54, 1.807) is 28.7 Å². The normalized spacial score (nSPS) is 10.5. The Morgan fingerprint density at radius 1 is 1.25 bits per heavy atom. The van der Waals surface area contributed by atoms with Crippen molar-refractivity contribution in [2.75, 3.05) is 24.3 Å². The standard InChI is InChI=1S/C16H14ClN5OS/c1-22(2)16-18-7-12(8-19-16)20-14(23)13-9-24-15(21-13)10-4-3-5-11(17)6-10/h3-9H,1-2H3,(H,20,23). The molecule has 3 aromatic rings. The molecule has 122 valence electrons. The Kier molecular flexibility index (Phi) is 4.73. The monoisotopic (exact) mass is 359 g/mol. The van der Waals surface area contributed by atoms with Crippen LogP contribution in [0.25, 0.3) is 10.6 Å². The summed E-state index contributed by atoms with van der Waals surface area (Å²) < 4.78 is 0. The van der Waals surface area contributed by atoms with E-state index in [-0.39, 0.29) is 5.91 Å². The van der Waals surface area contributed by atoms with Gasteiger partial charge in [0.2, 0.25) is 5.95 Å². The van der Waals surface area contributed by atoms with Crippen molar-refractivity contribution in [1.29, 1.82) is 0 Å². The summed E-state index contributed by atoms with van der Waals surface area (Å²) in [7, 11) is 3.69. The van der Waals surface area contributed by atoms with Crippen LogP contribution >= 0.6 is 22.9 Å². The lowest BCUT2D eigenvalue weighted by atomic mass is 10.2. The van der Waals surface area contributed by atoms with Gasteiger partial charge in [-0.3, -0.25) is 4.79 Å². The number of carbonyl (C=O) groups excluding carboxylic acids is 1. The van der Waals surface area contributed by atoms with Crippen LogP contribution in [0, 0.1) is 0 Å². The fourth-order valence-electron chi connectivity index (χ4n) is 1.94. The van der Waals surface area contributed by atoms with Crippen LogP contribution in [0.3, 0.4) is 0 Å². The summed E-state index contributed by atoms with van der Waals surface area (Å²) in [6, 6.07) is 7.36. The minimum absolute atomic E-state index is 0.305. The van der Waals surface area contributed by atoms with Crippen LogP contribution in [0.4, 0.5) is 11.6 Å². The number of anilines is 2. The summed E-state index contributed by atoms with van der Waals surface area (Å²) in [5.74, 6) is 0.269. The second-order valence-electron chi connectivity index (χ2n) is 5.17. The van der Waals surface area contributed by atoms with Crippen molar-refractivity contribution in [3.63, 3.8) is 0 Å². The molecule has 0 aliphatic heterocycles. The van der Waals surface area contributed by atoms with Crippen molar-refractivity contribution in [3.05, 3.63) is 52.8 Å². The number of benzene rings is 1. The van der Waals surface area contributed by atoms with Gasteiger partial charge in [0.1, 0.15) is 10.7 Å². The number of carbonyl (C=O) groups is 1. The van der Waals surface area contributed by atoms with Crippen molar-refractivity contribution in [2.45, 2.75) is 0 Å². The fourth-order valence-corrected chi connectivity index (χ4v) is 2.93. The van der Waals surface area contributed by atoms with Crippen molar-refractivity contribution in [3.8, 4) is 10.6 Å². The maximum atomic E-state index is 12.3. The zero-order valence-electron chi connectivity index (χ0n) is 13.0. The SMILES string of the molecule is CN(C)c1ncc(NC(=O)c2csc(-c3cccc(Cl)c3)n2)cn1. The molecule has 24 heavy (non-hydrogen) atoms. The molecule has 8 heteroatoms. The molecule has 1 aromatic carbocycles. The van der Waals surface area contributed by atoms with Gasteiger partial charge in [0.15, 0.2) is 0 Å². The minimum Gasteiger partial charge on any atom is -0.347 e. The van der Waals surface area contributed by atoms with Crippen LogP contribution in [0.1, 0.15) is 10.5 Å². The van der Waals surface area contributed by atoms with Crippen LogP contribution < -0.4 is 10.2 Å². The molecule has 0 saturated carbocycles. The quantitative estimate of drug-likeness (QED) is 0.771. The molecular formula is C16H14ClN5OS. The van der Waals surface area contributed by atoms with Crippen LogP contribution in [0.15, 0.2) is 42.0 Å². The number of thiazole rings is 1. The van der Waals surface area contributed by atoms with Crippen LogP contribution in [0.2, 0.25) is 5.02 Å². The molecule has 2 aromatic heterocycles. The van der Waals surface area contributed by atoms with E-state index in [1.165, 1.54) is 11.3 Å². The second-order valence-corrected chi connectivity index (χ2v) is 6.46. The van der Waals surface area contributed by atoms with Crippen molar-refractivity contribution in [1.82, 2.24) is 15.0 Å². The third-order valence-corrected chi connectivity index (χ3v) is 4.23. The summed E-state index contributed by atoms with van der Waals surface area (Å²) in [5, 5.41) is 5.81. The van der Waals surface area contributed by atoms with E-state index < -0.39 is 0 Å². The first kappa shape index (κ1) is 16.4. The van der Waals surface area contributed by atoms with Gasteiger partial charge in [0.25, 0.3) is 5.91 Å². The highest BCUT2D eigenvalue weighted by Crippen LogP contribution is 2.26. The van der Waals surface area contributed by atoms with Gasteiger partial charge in [0.05, 0.1) is 18.1 Å². The van der Waals surface area contributed by atoms with Crippen LogP contribution in [-0.2, 0) is 0 Å². The molecule has 6 nitrogen and oxygen atoms in total. The van der Waals surface area contributed by atoms with Gasteiger partial charge >= 0.3 is 0 Å². The Labute approximate surface area is 148 Å². The molecule has 0 aliphatic carbocycles. The predicted octanol–water partition coefficient (Wildman–Crippen LogP) is 3.57. The third-order valence-electron chi connectivity index (χ3n) is 3.10. The lowest BCUT2D eigenvalue weighted by molar-refractivity contribution is 0.102. The van der Waals surface area contributed by atoms with Gasteiger partial charge in [-0.25, -0.2) is 15.0 Å². The van der Waals surface area contributed by atoms with Crippen LogP contribution in [0.5, 0.6) is 0 Å². The first-order chi connectivity index (χ1) is 11.5. The lowest BCUT2D eigenvalue weighted by Gasteiger charge is -2.09. The number of nitrogens with zero attached hydrogens (tertiary/aromatic N) is 4. The van der Waals surface area contributed by atoms with Gasteiger partial charge < -0.3 is 10.2 Å². The Hall–Kier alpha value is -2.51. The molecule has 0 fully saturated rings. The molecular weight excluding hydrogens is 346 g/mol. The van der Waals surface area contributed by atoms with E-state index in [0.29, 0.717) is 22.4 Å². The molecule has 0 saturated heterocycles. The van der Waals surface area contributed by atoms with Gasteiger partial charge in [-0.1, -0.05) is 23.7 Å². The van der Waals surface area contributed by atoms with E-state index in [0.717, 1.165) is 10.6 Å². The van der Waals surface area contributed by atoms with Gasteiger partial charge in [-0.05, 0) is 12.1 Å². The number of halogens is 1. The number of nitrogens with one attached hydrogen (secondary N) is 1. The summed E-state index contributed by atoms with van der Waals surface area (Å²) in [5.41, 5.74) is 1.74. The molecule has 2 heterocycles. The Morgan fingerprint density at radius 2 is 2.00 bits per heavy atom. The molecule has 0 aliphatic rings. The Balaban J connectivity index is 1.74. The predicted molar refractivity (Wildman–Crippen MR) is 96.9 cm³/mol. The summed E-state index contributed by atoms with van der Waals surface area (Å²) in [6.07, 6.45) is 3.12. The zero-order valence-corrected chi connectivity index (χ0v) is 14.6. The first-order valence-corrected chi connectivity index (χ1v) is 8.31. The highest BCUT2D eigenvalue weighted by atomic mass is 35.5. The largest absolute Gasteiger partial charge is 0.347 e. The Bertz CT molecular complexity index is 863. The maximum Gasteiger partial charge on any atom is 0.275 e. The number of hydrogen-bond donors (Lipinski definition) is 1. The molecule has 0 radical (unpaired) electrons. The highest BCUT2D eigenvalue weighted by Gasteiger charge is 2.13. The molecule has 0 bridgehead atoms. The van der Waals surface area contributed by atoms with E-state index in [9.17, 15) is 4.79 Å². The minimum atomic E-state index is -0.305. The van der Waals surface area contributed by atoms with Crippen LogP contribution in [-0.4, -0.2) is 35.0 Å². The van der Waals surface area contributed by atoms with Gasteiger partial charge in [-0.15, -0.1) is 11.3 Å². The van der Waals surface area contributed by atoms with Crippen molar-refractivity contribution >= 4 is 40.5 Å². The fraction of sp³-hybridized carbons (Fsp3) is 0.125. The molecule has 1 amide bonds. The number of hydrogen-bond acceptors (Lipinski definition) is 6. The number of aromatic nitrogens is 3. The highest BCUT2D eigenvalue weighted by molar-refractivity contribution is 7.13. The van der Waals surface area contributed by atoms with Crippen molar-refractivity contribution < 1.29 is 4.79 Å². The van der Waals surface area contributed by atoms with E-state index >= 15 is 0 Å². The van der Waals surface area contributed by atoms with Crippen molar-refractivity contribution in [2.24, 2.45) is 0 Å². The topological polar surface area (TPSA) is 71.0 Å². The molecule has 1 N–H and O–H groups in total. The lowest BCUT2D eigenvalue weighted by Crippen LogP contribution is -2.15. The average molecular weight is 360 g/mol. The van der Waals surface area contributed by atoms with Gasteiger partial charge in [-0.2, -0.15) is 0 Å².